The minimum atomic E-state index is -3.42. The van der Waals surface area contributed by atoms with Crippen LogP contribution in [0, 0.1) is 0 Å². The van der Waals surface area contributed by atoms with Crippen molar-refractivity contribution in [2.45, 2.75) is 45.1 Å². The third-order valence-corrected chi connectivity index (χ3v) is 5.34. The first-order valence-corrected chi connectivity index (χ1v) is 7.25. The second-order valence-electron chi connectivity index (χ2n) is 4.18. The molecule has 94 valence electrons. The van der Waals surface area contributed by atoms with Gasteiger partial charge < -0.3 is 5.11 Å². The lowest BCUT2D eigenvalue weighted by molar-refractivity contribution is -0.147. The molecule has 0 amide bonds. The van der Waals surface area contributed by atoms with Gasteiger partial charge in [-0.05, 0) is 25.7 Å². The maximum absolute atomic E-state index is 12.0. The molecule has 0 saturated carbocycles. The molecule has 1 atom stereocenters. The van der Waals surface area contributed by atoms with Crippen molar-refractivity contribution in [3.8, 4) is 0 Å². The van der Waals surface area contributed by atoms with Crippen molar-refractivity contribution in [3.63, 3.8) is 0 Å². The summed E-state index contributed by atoms with van der Waals surface area (Å²) in [6.45, 7) is 3.85. The van der Waals surface area contributed by atoms with E-state index in [2.05, 4.69) is 0 Å². The Labute approximate surface area is 96.5 Å². The van der Waals surface area contributed by atoms with Gasteiger partial charge in [-0.25, -0.2) is 8.42 Å². The highest BCUT2D eigenvalue weighted by molar-refractivity contribution is 7.89. The fourth-order valence-electron chi connectivity index (χ4n) is 2.35. The van der Waals surface area contributed by atoms with Gasteiger partial charge in [0.15, 0.2) is 0 Å². The van der Waals surface area contributed by atoms with Crippen LogP contribution in [0.5, 0.6) is 0 Å². The van der Waals surface area contributed by atoms with Crippen molar-refractivity contribution in [1.29, 1.82) is 0 Å². The van der Waals surface area contributed by atoms with Gasteiger partial charge in [0.05, 0.1) is 5.75 Å². The molecule has 1 unspecified atom stereocenters. The molecule has 6 heteroatoms. The summed E-state index contributed by atoms with van der Waals surface area (Å²) in [7, 11) is -3.42. The smallest absolute Gasteiger partial charge is 0.325 e. The average molecular weight is 249 g/mol. The van der Waals surface area contributed by atoms with Crippen LogP contribution in [0.2, 0.25) is 0 Å². The standard InChI is InChI=1S/C10H19NO4S/c1-3-8-16(14,15)11-7-5-6-10(11,4-2)9(12)13/h3-8H2,1-2H3,(H,12,13). The van der Waals surface area contributed by atoms with E-state index < -0.39 is 21.5 Å². The second kappa shape index (κ2) is 4.71. The molecule has 0 aromatic carbocycles. The summed E-state index contributed by atoms with van der Waals surface area (Å²) in [4.78, 5) is 11.3. The van der Waals surface area contributed by atoms with Crippen LogP contribution in [0.4, 0.5) is 0 Å². The van der Waals surface area contributed by atoms with Crippen molar-refractivity contribution in [2.75, 3.05) is 12.3 Å². The van der Waals surface area contributed by atoms with Gasteiger partial charge in [0.1, 0.15) is 5.54 Å². The van der Waals surface area contributed by atoms with Crippen LogP contribution in [-0.2, 0) is 14.8 Å². The number of carboxylic acid groups (broad SMARTS) is 1. The topological polar surface area (TPSA) is 74.7 Å². The van der Waals surface area contributed by atoms with Crippen molar-refractivity contribution >= 4 is 16.0 Å². The van der Waals surface area contributed by atoms with E-state index in [0.717, 1.165) is 0 Å². The zero-order valence-electron chi connectivity index (χ0n) is 9.77. The third-order valence-electron chi connectivity index (χ3n) is 3.21. The number of rotatable bonds is 5. The molecule has 5 nitrogen and oxygen atoms in total. The highest BCUT2D eigenvalue weighted by atomic mass is 32.2. The number of carboxylic acids is 1. The molecule has 0 spiro atoms. The van der Waals surface area contributed by atoms with Crippen molar-refractivity contribution in [3.05, 3.63) is 0 Å². The monoisotopic (exact) mass is 249 g/mol. The maximum atomic E-state index is 12.0. The zero-order valence-corrected chi connectivity index (χ0v) is 10.6. The lowest BCUT2D eigenvalue weighted by atomic mass is 9.95. The van der Waals surface area contributed by atoms with Gasteiger partial charge in [-0.3, -0.25) is 4.79 Å². The fourth-order valence-corrected chi connectivity index (χ4v) is 4.32. The lowest BCUT2D eigenvalue weighted by Crippen LogP contribution is -2.53. The molecule has 0 radical (unpaired) electrons. The lowest BCUT2D eigenvalue weighted by Gasteiger charge is -2.32. The van der Waals surface area contributed by atoms with Crippen molar-refractivity contribution in [2.24, 2.45) is 0 Å². The minimum absolute atomic E-state index is 0.0298. The van der Waals surface area contributed by atoms with E-state index in [1.807, 2.05) is 0 Å². The maximum Gasteiger partial charge on any atom is 0.325 e. The molecule has 0 aromatic heterocycles. The summed E-state index contributed by atoms with van der Waals surface area (Å²) >= 11 is 0. The molecule has 1 N–H and O–H groups in total. The molecule has 1 rings (SSSR count). The molecule has 16 heavy (non-hydrogen) atoms. The Kier molecular flexibility index (Phi) is 3.96. The van der Waals surface area contributed by atoms with Crippen LogP contribution in [0.1, 0.15) is 39.5 Å². The fraction of sp³-hybridized carbons (Fsp3) is 0.900. The number of hydrogen-bond donors (Lipinski definition) is 1. The van der Waals surface area contributed by atoms with Crippen molar-refractivity contribution in [1.82, 2.24) is 4.31 Å². The van der Waals surface area contributed by atoms with Gasteiger partial charge in [-0.1, -0.05) is 13.8 Å². The average Bonchev–Trinajstić information content (AvgIpc) is 2.62. The normalized spacial score (nSPS) is 27.1. The highest BCUT2D eigenvalue weighted by Gasteiger charge is 2.51. The Balaban J connectivity index is 3.08. The number of nitrogens with zero attached hydrogens (tertiary/aromatic N) is 1. The number of carbonyl (C=O) groups is 1. The predicted octanol–water partition coefficient (Wildman–Crippen LogP) is 1.06. The van der Waals surface area contributed by atoms with E-state index >= 15 is 0 Å². The van der Waals surface area contributed by atoms with Crippen LogP contribution < -0.4 is 0 Å². The molecular weight excluding hydrogens is 230 g/mol. The van der Waals surface area contributed by atoms with Gasteiger partial charge in [-0.2, -0.15) is 4.31 Å². The largest absolute Gasteiger partial charge is 0.480 e. The Hall–Kier alpha value is -0.620. The van der Waals surface area contributed by atoms with Crippen LogP contribution >= 0.6 is 0 Å². The first kappa shape index (κ1) is 13.4. The summed E-state index contributed by atoms with van der Waals surface area (Å²) < 4.78 is 25.1. The summed E-state index contributed by atoms with van der Waals surface area (Å²) in [5.41, 5.74) is -1.20. The van der Waals surface area contributed by atoms with Gasteiger partial charge >= 0.3 is 5.97 Å². The molecule has 0 bridgehead atoms. The Bertz CT molecular complexity index is 365. The molecule has 0 aromatic rings. The SMILES string of the molecule is CCCS(=O)(=O)N1CCCC1(CC)C(=O)O. The zero-order chi connectivity index (χ0) is 12.4. The molecule has 1 heterocycles. The molecule has 0 aliphatic carbocycles. The van der Waals surface area contributed by atoms with Gasteiger partial charge in [0.2, 0.25) is 10.0 Å². The van der Waals surface area contributed by atoms with Gasteiger partial charge in [0.25, 0.3) is 0 Å². The highest BCUT2D eigenvalue weighted by Crippen LogP contribution is 2.35. The van der Waals surface area contributed by atoms with Crippen LogP contribution in [0.25, 0.3) is 0 Å². The summed E-state index contributed by atoms with van der Waals surface area (Å²) in [6, 6.07) is 0. The first-order valence-electron chi connectivity index (χ1n) is 5.64. The van der Waals surface area contributed by atoms with E-state index in [-0.39, 0.29) is 5.75 Å². The Morgan fingerprint density at radius 1 is 1.44 bits per heavy atom. The van der Waals surface area contributed by atoms with Gasteiger partial charge in [0, 0.05) is 6.54 Å². The molecule has 1 fully saturated rings. The molecular formula is C10H19NO4S. The van der Waals surface area contributed by atoms with Crippen LogP contribution in [0.15, 0.2) is 0 Å². The van der Waals surface area contributed by atoms with E-state index in [1.165, 1.54) is 4.31 Å². The van der Waals surface area contributed by atoms with Crippen LogP contribution in [-0.4, -0.2) is 41.6 Å². The van der Waals surface area contributed by atoms with Crippen molar-refractivity contribution < 1.29 is 18.3 Å². The quantitative estimate of drug-likeness (QED) is 0.790. The van der Waals surface area contributed by atoms with E-state index in [4.69, 9.17) is 0 Å². The molecule has 1 saturated heterocycles. The molecule has 1 aliphatic rings. The third kappa shape index (κ3) is 2.08. The van der Waals surface area contributed by atoms with Crippen LogP contribution in [0.3, 0.4) is 0 Å². The predicted molar refractivity (Wildman–Crippen MR) is 60.7 cm³/mol. The number of aliphatic carboxylic acids is 1. The van der Waals surface area contributed by atoms with E-state index in [9.17, 15) is 18.3 Å². The van der Waals surface area contributed by atoms with E-state index in [1.54, 1.807) is 13.8 Å². The number of hydrogen-bond acceptors (Lipinski definition) is 3. The van der Waals surface area contributed by atoms with E-state index in [0.29, 0.717) is 32.2 Å². The minimum Gasteiger partial charge on any atom is -0.480 e. The van der Waals surface area contributed by atoms with Gasteiger partial charge in [-0.15, -0.1) is 0 Å². The summed E-state index contributed by atoms with van der Waals surface area (Å²) in [5.74, 6) is -0.991. The Morgan fingerprint density at radius 3 is 2.50 bits per heavy atom. The Morgan fingerprint density at radius 2 is 2.06 bits per heavy atom. The first-order chi connectivity index (χ1) is 7.40. The second-order valence-corrected chi connectivity index (χ2v) is 6.19. The molecule has 1 aliphatic heterocycles. The summed E-state index contributed by atoms with van der Waals surface area (Å²) in [6.07, 6.45) is 1.88. The summed E-state index contributed by atoms with van der Waals surface area (Å²) in [5, 5.41) is 9.26. The number of sulfonamides is 1.